The summed E-state index contributed by atoms with van der Waals surface area (Å²) in [4.78, 5) is 17.5. The van der Waals surface area contributed by atoms with Crippen molar-refractivity contribution in [2.75, 3.05) is 0 Å². The van der Waals surface area contributed by atoms with Crippen molar-refractivity contribution in [1.82, 2.24) is 9.97 Å². The SMILES string of the molecule is O=C(O)C(O)c1cc2[nH]cnc2cc1Br. The number of hydrogen-bond donors (Lipinski definition) is 3. The number of H-pyrrole nitrogens is 1. The Balaban J connectivity index is 2.59. The molecule has 2 aromatic rings. The second kappa shape index (κ2) is 3.63. The summed E-state index contributed by atoms with van der Waals surface area (Å²) in [5.41, 5.74) is 1.70. The first-order chi connectivity index (χ1) is 7.09. The predicted molar refractivity (Wildman–Crippen MR) is 56.4 cm³/mol. The maximum absolute atomic E-state index is 10.6. The van der Waals surface area contributed by atoms with Crippen LogP contribution in [0.1, 0.15) is 11.7 Å². The monoisotopic (exact) mass is 270 g/mol. The van der Waals surface area contributed by atoms with Crippen molar-refractivity contribution < 1.29 is 15.0 Å². The number of carbonyl (C=O) groups is 1. The van der Waals surface area contributed by atoms with E-state index in [0.717, 1.165) is 0 Å². The normalized spacial score (nSPS) is 12.9. The van der Waals surface area contributed by atoms with Gasteiger partial charge in [0.15, 0.2) is 6.10 Å². The summed E-state index contributed by atoms with van der Waals surface area (Å²) in [5.74, 6) is -1.28. The quantitative estimate of drug-likeness (QED) is 0.771. The summed E-state index contributed by atoms with van der Waals surface area (Å²) in [6.45, 7) is 0. The van der Waals surface area contributed by atoms with Gasteiger partial charge in [0.05, 0.1) is 17.4 Å². The lowest BCUT2D eigenvalue weighted by molar-refractivity contribution is -0.147. The Kier molecular flexibility index (Phi) is 2.45. The van der Waals surface area contributed by atoms with Crippen LogP contribution in [0.5, 0.6) is 0 Å². The van der Waals surface area contributed by atoms with Crippen LogP contribution in [0.25, 0.3) is 11.0 Å². The molecule has 0 aliphatic carbocycles. The number of rotatable bonds is 2. The number of aromatic nitrogens is 2. The molecule has 1 atom stereocenters. The number of nitrogens with one attached hydrogen (secondary N) is 1. The molecule has 0 amide bonds. The minimum absolute atomic E-state index is 0.305. The fourth-order valence-corrected chi connectivity index (χ4v) is 1.86. The van der Waals surface area contributed by atoms with Gasteiger partial charge in [0, 0.05) is 10.0 Å². The van der Waals surface area contributed by atoms with Crippen LogP contribution >= 0.6 is 15.9 Å². The van der Waals surface area contributed by atoms with Crippen molar-refractivity contribution in [3.8, 4) is 0 Å². The third kappa shape index (κ3) is 1.73. The van der Waals surface area contributed by atoms with E-state index >= 15 is 0 Å². The molecule has 0 saturated heterocycles. The molecular formula is C9H7BrN2O3. The smallest absolute Gasteiger partial charge is 0.337 e. The number of benzene rings is 1. The minimum Gasteiger partial charge on any atom is -0.479 e. The number of fused-ring (bicyclic) bond motifs is 1. The average molecular weight is 271 g/mol. The minimum atomic E-state index is -1.54. The van der Waals surface area contributed by atoms with E-state index in [-0.39, 0.29) is 0 Å². The molecular weight excluding hydrogens is 264 g/mol. The number of nitrogens with zero attached hydrogens (tertiary/aromatic N) is 1. The van der Waals surface area contributed by atoms with Crippen LogP contribution in [0.3, 0.4) is 0 Å². The predicted octanol–water partition coefficient (Wildman–Crippen LogP) is 1.44. The molecule has 78 valence electrons. The lowest BCUT2D eigenvalue weighted by Gasteiger charge is -2.07. The number of aliphatic hydroxyl groups is 1. The van der Waals surface area contributed by atoms with Crippen molar-refractivity contribution in [3.63, 3.8) is 0 Å². The molecule has 0 radical (unpaired) electrons. The van der Waals surface area contributed by atoms with Gasteiger partial charge in [-0.2, -0.15) is 0 Å². The van der Waals surface area contributed by atoms with Gasteiger partial charge in [-0.25, -0.2) is 9.78 Å². The number of aliphatic hydroxyl groups excluding tert-OH is 1. The molecule has 6 heteroatoms. The topological polar surface area (TPSA) is 86.2 Å². The number of hydrogen-bond acceptors (Lipinski definition) is 3. The summed E-state index contributed by atoms with van der Waals surface area (Å²) in [7, 11) is 0. The number of imidazole rings is 1. The molecule has 0 fully saturated rings. The summed E-state index contributed by atoms with van der Waals surface area (Å²) in [6.07, 6.45) is -0.0271. The molecule has 1 unspecified atom stereocenters. The first-order valence-electron chi connectivity index (χ1n) is 4.13. The van der Waals surface area contributed by atoms with Crippen molar-refractivity contribution in [3.05, 3.63) is 28.5 Å². The van der Waals surface area contributed by atoms with E-state index in [2.05, 4.69) is 25.9 Å². The van der Waals surface area contributed by atoms with E-state index in [1.807, 2.05) is 0 Å². The third-order valence-corrected chi connectivity index (χ3v) is 2.75. The van der Waals surface area contributed by atoms with Crippen LogP contribution in [0.15, 0.2) is 22.9 Å². The zero-order valence-electron chi connectivity index (χ0n) is 7.44. The zero-order valence-corrected chi connectivity index (χ0v) is 9.02. The number of halogens is 1. The first kappa shape index (κ1) is 10.1. The van der Waals surface area contributed by atoms with E-state index in [9.17, 15) is 9.90 Å². The number of aromatic amines is 1. The van der Waals surface area contributed by atoms with Gasteiger partial charge >= 0.3 is 5.97 Å². The Bertz CT molecular complexity index is 523. The molecule has 0 saturated carbocycles. The van der Waals surface area contributed by atoms with Gasteiger partial charge in [-0.3, -0.25) is 0 Å². The summed E-state index contributed by atoms with van der Waals surface area (Å²) in [5, 5.41) is 18.1. The van der Waals surface area contributed by atoms with Crippen molar-refractivity contribution in [2.45, 2.75) is 6.10 Å². The van der Waals surface area contributed by atoms with Gasteiger partial charge in [0.1, 0.15) is 0 Å². The Morgan fingerprint density at radius 2 is 2.27 bits per heavy atom. The molecule has 0 bridgehead atoms. The maximum Gasteiger partial charge on any atom is 0.337 e. The summed E-state index contributed by atoms with van der Waals surface area (Å²) < 4.78 is 0.525. The van der Waals surface area contributed by atoms with Crippen LogP contribution < -0.4 is 0 Å². The lowest BCUT2D eigenvalue weighted by atomic mass is 10.1. The molecule has 0 aliphatic rings. The molecule has 1 aromatic heterocycles. The average Bonchev–Trinajstić information content (AvgIpc) is 2.62. The van der Waals surface area contributed by atoms with Gasteiger partial charge < -0.3 is 15.2 Å². The van der Waals surface area contributed by atoms with E-state index in [1.54, 1.807) is 12.1 Å². The Morgan fingerprint density at radius 3 is 2.93 bits per heavy atom. The standard InChI is InChI=1S/C9H7BrN2O3/c10-5-2-7-6(11-3-12-7)1-4(5)8(13)9(14)15/h1-3,8,13H,(H,11,12)(H,14,15). The highest BCUT2D eigenvalue weighted by Crippen LogP contribution is 2.27. The second-order valence-corrected chi connectivity index (χ2v) is 3.89. The van der Waals surface area contributed by atoms with Crippen molar-refractivity contribution >= 4 is 32.9 Å². The van der Waals surface area contributed by atoms with Crippen LogP contribution in [0.4, 0.5) is 0 Å². The first-order valence-corrected chi connectivity index (χ1v) is 4.92. The van der Waals surface area contributed by atoms with Crippen LogP contribution in [-0.2, 0) is 4.79 Å². The Morgan fingerprint density at radius 1 is 1.53 bits per heavy atom. The van der Waals surface area contributed by atoms with Crippen molar-refractivity contribution in [1.29, 1.82) is 0 Å². The van der Waals surface area contributed by atoms with Gasteiger partial charge in [0.2, 0.25) is 0 Å². The highest BCUT2D eigenvalue weighted by molar-refractivity contribution is 9.10. The molecule has 15 heavy (non-hydrogen) atoms. The molecule has 3 N–H and O–H groups in total. The van der Waals surface area contributed by atoms with Crippen LogP contribution in [0, 0.1) is 0 Å². The fourth-order valence-electron chi connectivity index (χ4n) is 1.32. The third-order valence-electron chi connectivity index (χ3n) is 2.07. The van der Waals surface area contributed by atoms with Gasteiger partial charge in [-0.05, 0) is 12.1 Å². The molecule has 0 spiro atoms. The van der Waals surface area contributed by atoms with E-state index in [0.29, 0.717) is 21.1 Å². The van der Waals surface area contributed by atoms with Crippen molar-refractivity contribution in [2.24, 2.45) is 0 Å². The largest absolute Gasteiger partial charge is 0.479 e. The summed E-state index contributed by atoms with van der Waals surface area (Å²) in [6, 6.07) is 3.22. The van der Waals surface area contributed by atoms with E-state index in [1.165, 1.54) is 6.33 Å². The van der Waals surface area contributed by atoms with E-state index in [4.69, 9.17) is 5.11 Å². The van der Waals surface area contributed by atoms with Gasteiger partial charge in [0.25, 0.3) is 0 Å². The van der Waals surface area contributed by atoms with E-state index < -0.39 is 12.1 Å². The van der Waals surface area contributed by atoms with Crippen LogP contribution in [0.2, 0.25) is 0 Å². The zero-order chi connectivity index (χ0) is 11.0. The number of carboxylic acids is 1. The van der Waals surface area contributed by atoms with Gasteiger partial charge in [-0.1, -0.05) is 15.9 Å². The molecule has 1 heterocycles. The summed E-state index contributed by atoms with van der Waals surface area (Å²) >= 11 is 3.19. The highest BCUT2D eigenvalue weighted by atomic mass is 79.9. The lowest BCUT2D eigenvalue weighted by Crippen LogP contribution is -2.10. The van der Waals surface area contributed by atoms with Gasteiger partial charge in [-0.15, -0.1) is 0 Å². The highest BCUT2D eigenvalue weighted by Gasteiger charge is 2.19. The fraction of sp³-hybridized carbons (Fsp3) is 0.111. The number of carboxylic acid groups (broad SMARTS) is 1. The molecule has 2 rings (SSSR count). The molecule has 0 aliphatic heterocycles. The Hall–Kier alpha value is -1.40. The molecule has 1 aromatic carbocycles. The molecule has 5 nitrogen and oxygen atoms in total. The maximum atomic E-state index is 10.6. The van der Waals surface area contributed by atoms with Crippen LogP contribution in [-0.4, -0.2) is 26.2 Å². The Labute approximate surface area is 92.9 Å². The number of aliphatic carboxylic acids is 1. The second-order valence-electron chi connectivity index (χ2n) is 3.03.